The molecule has 6 heteroatoms. The van der Waals surface area contributed by atoms with Crippen LogP contribution in [0.25, 0.3) is 0 Å². The van der Waals surface area contributed by atoms with E-state index < -0.39 is 9.84 Å². The Bertz CT molecular complexity index is 503. The standard InChI is InChI=1S/C12H19BrN2O2S/c1-9-5-3-6-10(12(9)13)11(15-14)7-4-8-18(2,16)17/h3,5-6,11,15H,4,7-8,14H2,1-2H3. The van der Waals surface area contributed by atoms with Gasteiger partial charge in [-0.2, -0.15) is 0 Å². The number of hydrogen-bond donors (Lipinski definition) is 2. The van der Waals surface area contributed by atoms with E-state index in [1.807, 2.05) is 25.1 Å². The molecule has 0 bridgehead atoms. The van der Waals surface area contributed by atoms with Crippen molar-refractivity contribution in [2.24, 2.45) is 5.84 Å². The molecule has 0 aliphatic rings. The van der Waals surface area contributed by atoms with Crippen molar-refractivity contribution in [2.45, 2.75) is 25.8 Å². The van der Waals surface area contributed by atoms with E-state index in [2.05, 4.69) is 21.4 Å². The number of rotatable bonds is 6. The first kappa shape index (κ1) is 15.6. The van der Waals surface area contributed by atoms with Gasteiger partial charge in [-0.3, -0.25) is 11.3 Å². The van der Waals surface area contributed by atoms with Gasteiger partial charge in [0, 0.05) is 22.5 Å². The molecular formula is C12H19BrN2O2S. The maximum absolute atomic E-state index is 11.1. The Balaban J connectivity index is 2.75. The Morgan fingerprint density at radius 1 is 1.44 bits per heavy atom. The number of nitrogens with one attached hydrogen (secondary N) is 1. The highest BCUT2D eigenvalue weighted by atomic mass is 79.9. The van der Waals surface area contributed by atoms with Crippen LogP contribution in [0.4, 0.5) is 0 Å². The molecule has 1 aromatic rings. The highest BCUT2D eigenvalue weighted by molar-refractivity contribution is 9.10. The van der Waals surface area contributed by atoms with E-state index in [4.69, 9.17) is 5.84 Å². The first-order chi connectivity index (χ1) is 8.35. The summed E-state index contributed by atoms with van der Waals surface area (Å²) >= 11 is 3.54. The monoisotopic (exact) mass is 334 g/mol. The molecule has 1 atom stereocenters. The summed E-state index contributed by atoms with van der Waals surface area (Å²) in [4.78, 5) is 0. The molecular weight excluding hydrogens is 316 g/mol. The van der Waals surface area contributed by atoms with Gasteiger partial charge in [0.1, 0.15) is 9.84 Å². The first-order valence-electron chi connectivity index (χ1n) is 5.74. The molecule has 1 aromatic carbocycles. The lowest BCUT2D eigenvalue weighted by molar-refractivity contribution is 0.506. The molecule has 18 heavy (non-hydrogen) atoms. The second-order valence-electron chi connectivity index (χ2n) is 4.47. The van der Waals surface area contributed by atoms with Crippen LogP contribution in [0.15, 0.2) is 22.7 Å². The zero-order valence-corrected chi connectivity index (χ0v) is 13.0. The summed E-state index contributed by atoms with van der Waals surface area (Å²) in [5, 5.41) is 0. The minimum absolute atomic E-state index is 0.0407. The van der Waals surface area contributed by atoms with Crippen molar-refractivity contribution < 1.29 is 8.42 Å². The molecule has 0 aliphatic heterocycles. The highest BCUT2D eigenvalue weighted by Crippen LogP contribution is 2.28. The smallest absolute Gasteiger partial charge is 0.147 e. The summed E-state index contributed by atoms with van der Waals surface area (Å²) < 4.78 is 23.2. The van der Waals surface area contributed by atoms with Crippen molar-refractivity contribution in [3.8, 4) is 0 Å². The lowest BCUT2D eigenvalue weighted by Crippen LogP contribution is -2.28. The van der Waals surface area contributed by atoms with Crippen LogP contribution in [0, 0.1) is 6.92 Å². The lowest BCUT2D eigenvalue weighted by Gasteiger charge is -2.18. The van der Waals surface area contributed by atoms with Gasteiger partial charge in [0.15, 0.2) is 0 Å². The summed E-state index contributed by atoms with van der Waals surface area (Å²) in [5.74, 6) is 5.74. The Kier molecular flexibility index (Phi) is 5.78. The van der Waals surface area contributed by atoms with Crippen molar-refractivity contribution in [1.29, 1.82) is 0 Å². The first-order valence-corrected chi connectivity index (χ1v) is 8.59. The van der Waals surface area contributed by atoms with Crippen LogP contribution >= 0.6 is 15.9 Å². The third-order valence-corrected chi connectivity index (χ3v) is 4.92. The molecule has 0 spiro atoms. The molecule has 4 nitrogen and oxygen atoms in total. The Morgan fingerprint density at radius 3 is 2.67 bits per heavy atom. The van der Waals surface area contributed by atoms with Gasteiger partial charge in [-0.25, -0.2) is 8.42 Å². The van der Waals surface area contributed by atoms with E-state index in [0.29, 0.717) is 12.8 Å². The number of sulfone groups is 1. The molecule has 102 valence electrons. The molecule has 0 radical (unpaired) electrons. The maximum Gasteiger partial charge on any atom is 0.147 e. The summed E-state index contributed by atoms with van der Waals surface area (Å²) in [6.45, 7) is 2.01. The summed E-state index contributed by atoms with van der Waals surface area (Å²) in [7, 11) is -2.91. The van der Waals surface area contributed by atoms with Crippen LogP contribution in [0.2, 0.25) is 0 Å². The van der Waals surface area contributed by atoms with E-state index in [9.17, 15) is 8.42 Å². The second kappa shape index (κ2) is 6.65. The van der Waals surface area contributed by atoms with Gasteiger partial charge >= 0.3 is 0 Å². The highest BCUT2D eigenvalue weighted by Gasteiger charge is 2.14. The van der Waals surface area contributed by atoms with Crippen LogP contribution in [-0.2, 0) is 9.84 Å². The lowest BCUT2D eigenvalue weighted by atomic mass is 10.0. The third-order valence-electron chi connectivity index (χ3n) is 2.81. The van der Waals surface area contributed by atoms with Crippen molar-refractivity contribution >= 4 is 25.8 Å². The van der Waals surface area contributed by atoms with Crippen molar-refractivity contribution in [1.82, 2.24) is 5.43 Å². The molecule has 0 saturated carbocycles. The average molecular weight is 335 g/mol. The van der Waals surface area contributed by atoms with Gasteiger partial charge in [0.05, 0.1) is 0 Å². The number of benzene rings is 1. The van der Waals surface area contributed by atoms with Gasteiger partial charge < -0.3 is 0 Å². The molecule has 0 saturated heterocycles. The van der Waals surface area contributed by atoms with E-state index in [1.165, 1.54) is 6.26 Å². The number of nitrogens with two attached hydrogens (primary N) is 1. The van der Waals surface area contributed by atoms with Crippen molar-refractivity contribution in [3.63, 3.8) is 0 Å². The minimum Gasteiger partial charge on any atom is -0.271 e. The van der Waals surface area contributed by atoms with E-state index in [-0.39, 0.29) is 11.8 Å². The summed E-state index contributed by atoms with van der Waals surface area (Å²) in [6, 6.07) is 5.93. The van der Waals surface area contributed by atoms with E-state index >= 15 is 0 Å². The predicted octanol–water partition coefficient (Wildman–Crippen LogP) is 2.09. The summed E-state index contributed by atoms with van der Waals surface area (Å²) in [6.07, 6.45) is 2.53. The minimum atomic E-state index is -2.91. The predicted molar refractivity (Wildman–Crippen MR) is 77.9 cm³/mol. The normalized spacial score (nSPS) is 13.6. The van der Waals surface area contributed by atoms with Crippen LogP contribution < -0.4 is 11.3 Å². The largest absolute Gasteiger partial charge is 0.271 e. The number of hydrogen-bond acceptors (Lipinski definition) is 4. The third kappa shape index (κ3) is 4.68. The van der Waals surface area contributed by atoms with Gasteiger partial charge in [-0.15, -0.1) is 0 Å². The fourth-order valence-electron chi connectivity index (χ4n) is 1.82. The van der Waals surface area contributed by atoms with Crippen LogP contribution in [0.5, 0.6) is 0 Å². The maximum atomic E-state index is 11.1. The Labute approximate surface area is 117 Å². The SMILES string of the molecule is Cc1cccc(C(CCCS(C)(=O)=O)NN)c1Br. The average Bonchev–Trinajstić information content (AvgIpc) is 2.27. The van der Waals surface area contributed by atoms with Gasteiger partial charge in [0.2, 0.25) is 0 Å². The van der Waals surface area contributed by atoms with E-state index in [1.54, 1.807) is 0 Å². The number of hydrazine groups is 1. The molecule has 1 unspecified atom stereocenters. The van der Waals surface area contributed by atoms with Crippen molar-refractivity contribution in [3.05, 3.63) is 33.8 Å². The second-order valence-corrected chi connectivity index (χ2v) is 7.52. The quantitative estimate of drug-likeness (QED) is 0.617. The fourth-order valence-corrected chi connectivity index (χ4v) is 3.05. The molecule has 0 amide bonds. The number of aryl methyl sites for hydroxylation is 1. The Morgan fingerprint density at radius 2 is 2.11 bits per heavy atom. The molecule has 0 aromatic heterocycles. The van der Waals surface area contributed by atoms with Crippen LogP contribution in [0.1, 0.15) is 30.0 Å². The molecule has 3 N–H and O–H groups in total. The summed E-state index contributed by atoms with van der Waals surface area (Å²) in [5.41, 5.74) is 4.94. The van der Waals surface area contributed by atoms with Gasteiger partial charge in [0.25, 0.3) is 0 Å². The number of halogens is 1. The molecule has 1 rings (SSSR count). The fraction of sp³-hybridized carbons (Fsp3) is 0.500. The van der Waals surface area contributed by atoms with Gasteiger partial charge in [-0.05, 0) is 30.9 Å². The van der Waals surface area contributed by atoms with Crippen LogP contribution in [-0.4, -0.2) is 20.4 Å². The van der Waals surface area contributed by atoms with Gasteiger partial charge in [-0.1, -0.05) is 34.1 Å². The molecule has 0 heterocycles. The molecule has 0 fully saturated rings. The topological polar surface area (TPSA) is 72.2 Å². The Hall–Kier alpha value is -0.430. The zero-order chi connectivity index (χ0) is 13.8. The zero-order valence-electron chi connectivity index (χ0n) is 10.6. The van der Waals surface area contributed by atoms with Crippen LogP contribution in [0.3, 0.4) is 0 Å². The molecule has 0 aliphatic carbocycles. The van der Waals surface area contributed by atoms with Crippen molar-refractivity contribution in [2.75, 3.05) is 12.0 Å². The van der Waals surface area contributed by atoms with E-state index in [0.717, 1.165) is 15.6 Å².